The van der Waals surface area contributed by atoms with Crippen molar-refractivity contribution in [2.75, 3.05) is 7.11 Å². The number of hydrogen-bond donors (Lipinski definition) is 1. The number of rotatable bonds is 5. The summed E-state index contributed by atoms with van der Waals surface area (Å²) in [6, 6.07) is 5.18. The minimum atomic E-state index is -1.65. The van der Waals surface area contributed by atoms with Crippen LogP contribution in [0.4, 0.5) is 5.69 Å². The molecular formula is C16H15N4O5S-. The van der Waals surface area contributed by atoms with Crippen molar-refractivity contribution in [3.8, 4) is 11.6 Å². The number of ether oxygens (including phenoxy) is 1. The lowest BCUT2D eigenvalue weighted by atomic mass is 10.1. The number of aromatic nitrogens is 3. The molecule has 0 saturated heterocycles. The zero-order chi connectivity index (χ0) is 19.0. The Labute approximate surface area is 150 Å². The zero-order valence-electron chi connectivity index (χ0n) is 14.2. The molecule has 26 heavy (non-hydrogen) atoms. The molecule has 3 rings (SSSR count). The van der Waals surface area contributed by atoms with Gasteiger partial charge >= 0.3 is 0 Å². The molecule has 0 aliphatic heterocycles. The fourth-order valence-electron chi connectivity index (χ4n) is 2.62. The fourth-order valence-corrected chi connectivity index (χ4v) is 3.71. The molecule has 2 aromatic heterocycles. The second kappa shape index (κ2) is 6.71. The van der Waals surface area contributed by atoms with Gasteiger partial charge in [-0.05, 0) is 31.9 Å². The van der Waals surface area contributed by atoms with Crippen LogP contribution in [0.2, 0.25) is 0 Å². The van der Waals surface area contributed by atoms with Gasteiger partial charge in [-0.15, -0.1) is 0 Å². The lowest BCUT2D eigenvalue weighted by Gasteiger charge is -2.14. The Morgan fingerprint density at radius 3 is 2.65 bits per heavy atom. The van der Waals surface area contributed by atoms with E-state index in [4.69, 9.17) is 4.74 Å². The summed E-state index contributed by atoms with van der Waals surface area (Å²) in [5.74, 6) is -0.219. The Hall–Kier alpha value is -3.01. The maximum absolute atomic E-state index is 12.6. The largest absolute Gasteiger partial charge is 0.858 e. The SMILES string of the molecule is COc1ccc2nc(S(=O)Cc3nc([O-])c(C)c([N+](=O)[O-])c3C)[nH]c2c1. The smallest absolute Gasteiger partial charge is 0.277 e. The molecule has 1 aromatic carbocycles. The highest BCUT2D eigenvalue weighted by molar-refractivity contribution is 7.84. The first-order valence-electron chi connectivity index (χ1n) is 7.55. The Kier molecular flexibility index (Phi) is 4.60. The van der Waals surface area contributed by atoms with E-state index in [1.165, 1.54) is 21.0 Å². The lowest BCUT2D eigenvalue weighted by molar-refractivity contribution is -0.387. The predicted octanol–water partition coefficient (Wildman–Crippen LogP) is 1.87. The third-order valence-electron chi connectivity index (χ3n) is 4.03. The van der Waals surface area contributed by atoms with Crippen molar-refractivity contribution < 1.29 is 19.0 Å². The van der Waals surface area contributed by atoms with Gasteiger partial charge in [-0.25, -0.2) is 4.98 Å². The van der Waals surface area contributed by atoms with E-state index in [1.54, 1.807) is 18.2 Å². The molecule has 0 bridgehead atoms. The normalized spacial score (nSPS) is 12.3. The first-order valence-corrected chi connectivity index (χ1v) is 8.87. The van der Waals surface area contributed by atoms with E-state index < -0.39 is 21.6 Å². The van der Waals surface area contributed by atoms with Crippen LogP contribution in [-0.2, 0) is 16.6 Å². The van der Waals surface area contributed by atoms with E-state index in [2.05, 4.69) is 15.0 Å². The van der Waals surface area contributed by atoms with E-state index in [0.29, 0.717) is 16.8 Å². The average molecular weight is 375 g/mol. The van der Waals surface area contributed by atoms with Gasteiger partial charge in [0.25, 0.3) is 5.69 Å². The molecule has 0 aliphatic rings. The molecule has 1 unspecified atom stereocenters. The molecule has 0 spiro atoms. The number of benzene rings is 1. The average Bonchev–Trinajstić information content (AvgIpc) is 3.02. The Bertz CT molecular complexity index is 1050. The van der Waals surface area contributed by atoms with E-state index in [0.717, 1.165) is 0 Å². The van der Waals surface area contributed by atoms with Gasteiger partial charge in [0.05, 0.1) is 45.3 Å². The molecule has 9 nitrogen and oxygen atoms in total. The van der Waals surface area contributed by atoms with Gasteiger partial charge in [-0.3, -0.25) is 19.3 Å². The second-order valence-electron chi connectivity index (χ2n) is 5.63. The number of aromatic amines is 1. The fraction of sp³-hybridized carbons (Fsp3) is 0.250. The van der Waals surface area contributed by atoms with Crippen molar-refractivity contribution >= 4 is 27.5 Å². The van der Waals surface area contributed by atoms with Crippen molar-refractivity contribution in [3.05, 3.63) is 45.1 Å². The van der Waals surface area contributed by atoms with Gasteiger partial charge < -0.3 is 14.8 Å². The van der Waals surface area contributed by atoms with Crippen LogP contribution in [-0.4, -0.2) is 31.2 Å². The van der Waals surface area contributed by atoms with Crippen molar-refractivity contribution in [2.45, 2.75) is 24.8 Å². The van der Waals surface area contributed by atoms with Gasteiger partial charge in [0.1, 0.15) is 5.75 Å². The summed E-state index contributed by atoms with van der Waals surface area (Å²) >= 11 is 0. The van der Waals surface area contributed by atoms with Gasteiger partial charge in [0.15, 0.2) is 5.16 Å². The molecule has 2 heterocycles. The van der Waals surface area contributed by atoms with Gasteiger partial charge in [0.2, 0.25) is 0 Å². The van der Waals surface area contributed by atoms with Crippen LogP contribution in [0.25, 0.3) is 11.0 Å². The molecule has 0 amide bonds. The quantitative estimate of drug-likeness (QED) is 0.531. The third-order valence-corrected chi connectivity index (χ3v) is 5.19. The minimum Gasteiger partial charge on any atom is -0.858 e. The third kappa shape index (κ3) is 3.10. The van der Waals surface area contributed by atoms with Crippen LogP contribution in [0.1, 0.15) is 16.8 Å². The molecule has 136 valence electrons. The monoisotopic (exact) mass is 375 g/mol. The summed E-state index contributed by atoms with van der Waals surface area (Å²) in [4.78, 5) is 21.6. The van der Waals surface area contributed by atoms with Crippen LogP contribution in [0.3, 0.4) is 0 Å². The van der Waals surface area contributed by atoms with Crippen LogP contribution >= 0.6 is 0 Å². The number of imidazole rings is 1. The maximum atomic E-state index is 12.6. The molecule has 3 aromatic rings. The zero-order valence-corrected chi connectivity index (χ0v) is 15.0. The molecule has 0 aliphatic carbocycles. The standard InChI is InChI=1S/C16H16N4O5S/c1-8-13(17-15(21)9(2)14(8)20(22)23)7-26(24)16-18-11-5-4-10(25-3)6-12(11)19-16/h4-6H,7H2,1-3H3,(H,17,21)(H,18,19)/p-1. The Balaban J connectivity index is 1.97. The summed E-state index contributed by atoms with van der Waals surface area (Å²) in [6.45, 7) is 2.85. The summed E-state index contributed by atoms with van der Waals surface area (Å²) < 4.78 is 17.8. The Morgan fingerprint density at radius 1 is 1.27 bits per heavy atom. The van der Waals surface area contributed by atoms with Crippen molar-refractivity contribution in [1.29, 1.82) is 0 Å². The molecule has 1 N–H and O–H groups in total. The first kappa shape index (κ1) is 17.8. The number of nitrogens with one attached hydrogen (secondary N) is 1. The number of H-pyrrole nitrogens is 1. The summed E-state index contributed by atoms with van der Waals surface area (Å²) in [5.41, 5.74) is 1.31. The number of nitro groups is 1. The van der Waals surface area contributed by atoms with Gasteiger partial charge in [-0.2, -0.15) is 0 Å². The van der Waals surface area contributed by atoms with Crippen LogP contribution in [0.5, 0.6) is 11.6 Å². The van der Waals surface area contributed by atoms with Crippen molar-refractivity contribution in [2.24, 2.45) is 0 Å². The summed E-state index contributed by atoms with van der Waals surface area (Å²) in [6.07, 6.45) is 0. The van der Waals surface area contributed by atoms with Crippen LogP contribution < -0.4 is 9.84 Å². The predicted molar refractivity (Wildman–Crippen MR) is 92.6 cm³/mol. The van der Waals surface area contributed by atoms with E-state index >= 15 is 0 Å². The van der Waals surface area contributed by atoms with Crippen molar-refractivity contribution in [3.63, 3.8) is 0 Å². The molecule has 0 saturated carbocycles. The highest BCUT2D eigenvalue weighted by Crippen LogP contribution is 2.30. The number of hydrogen-bond acceptors (Lipinski definition) is 7. The maximum Gasteiger partial charge on any atom is 0.277 e. The molecule has 0 radical (unpaired) electrons. The highest BCUT2D eigenvalue weighted by Gasteiger charge is 2.22. The summed E-state index contributed by atoms with van der Waals surface area (Å²) in [5, 5.41) is 23.3. The number of pyridine rings is 1. The van der Waals surface area contributed by atoms with Gasteiger partial charge in [-0.1, -0.05) is 0 Å². The van der Waals surface area contributed by atoms with Gasteiger partial charge in [0, 0.05) is 17.2 Å². The highest BCUT2D eigenvalue weighted by atomic mass is 32.2. The molecule has 10 heteroatoms. The van der Waals surface area contributed by atoms with E-state index in [-0.39, 0.29) is 33.4 Å². The van der Waals surface area contributed by atoms with Crippen molar-refractivity contribution in [1.82, 2.24) is 15.0 Å². The van der Waals surface area contributed by atoms with E-state index in [9.17, 15) is 19.4 Å². The second-order valence-corrected chi connectivity index (χ2v) is 7.00. The number of fused-ring (bicyclic) bond motifs is 1. The topological polar surface area (TPSA) is 134 Å². The minimum absolute atomic E-state index is 0.0298. The van der Waals surface area contributed by atoms with Crippen LogP contribution in [0.15, 0.2) is 23.4 Å². The lowest BCUT2D eigenvalue weighted by Crippen LogP contribution is -2.10. The first-order chi connectivity index (χ1) is 12.3. The molecule has 1 atom stereocenters. The molecular weight excluding hydrogens is 360 g/mol. The molecule has 0 fully saturated rings. The summed E-state index contributed by atoms with van der Waals surface area (Å²) in [7, 11) is -0.116. The van der Waals surface area contributed by atoms with E-state index in [1.807, 2.05) is 0 Å². The number of nitrogens with zero attached hydrogens (tertiary/aromatic N) is 3. The van der Waals surface area contributed by atoms with Crippen LogP contribution in [0, 0.1) is 24.0 Å². The Morgan fingerprint density at radius 2 is 2.00 bits per heavy atom. The number of methoxy groups -OCH3 is 1.